The van der Waals surface area contributed by atoms with E-state index in [1.165, 1.54) is 135 Å². The Kier molecular flexibility index (Phi) is 18.0. The SMILES string of the molecule is [C-]#[N+]C(C#N)C(CCCCC)C1CCC(C2CCC(C3CCC(C4CCC(CCCCCCCCCCC[Si](C)(C)O)S4)S3)S2)S1. The molecule has 10 atom stereocenters. The molecule has 262 valence electrons. The molecular weight excluding hydrogens is 657 g/mol. The molecule has 0 amide bonds. The Morgan fingerprint density at radius 2 is 1.20 bits per heavy atom. The smallest absolute Gasteiger partial charge is 0.311 e. The van der Waals surface area contributed by atoms with Crippen LogP contribution < -0.4 is 0 Å². The summed E-state index contributed by atoms with van der Waals surface area (Å²) in [6, 6.07) is 2.99. The van der Waals surface area contributed by atoms with Crippen LogP contribution in [-0.2, 0) is 0 Å². The highest BCUT2D eigenvalue weighted by Gasteiger charge is 2.46. The van der Waals surface area contributed by atoms with E-state index in [-0.39, 0.29) is 5.92 Å². The highest BCUT2D eigenvalue weighted by atomic mass is 32.2. The van der Waals surface area contributed by atoms with Crippen molar-refractivity contribution in [2.75, 3.05) is 0 Å². The quantitative estimate of drug-likeness (QED) is 0.0723. The second-order valence-electron chi connectivity index (χ2n) is 15.6. The van der Waals surface area contributed by atoms with Crippen molar-refractivity contribution in [1.29, 1.82) is 5.26 Å². The molecule has 0 aromatic rings. The Hall–Kier alpha value is 0.557. The average molecular weight is 723 g/mol. The van der Waals surface area contributed by atoms with Crippen LogP contribution in [0.15, 0.2) is 0 Å². The van der Waals surface area contributed by atoms with Gasteiger partial charge in [-0.05, 0) is 83.3 Å². The van der Waals surface area contributed by atoms with E-state index in [2.05, 4.69) is 78.0 Å². The van der Waals surface area contributed by atoms with E-state index in [1.807, 2.05) is 0 Å². The fourth-order valence-corrected chi connectivity index (χ4v) is 17.5. The number of hydrogen-bond donors (Lipinski definition) is 1. The van der Waals surface area contributed by atoms with Crippen LogP contribution in [0.5, 0.6) is 0 Å². The van der Waals surface area contributed by atoms with Crippen LogP contribution in [0.2, 0.25) is 19.1 Å². The fourth-order valence-electron chi connectivity index (χ4n) is 8.53. The Bertz CT molecular complexity index is 936. The van der Waals surface area contributed by atoms with Gasteiger partial charge in [0.1, 0.15) is 0 Å². The topological polar surface area (TPSA) is 48.4 Å². The lowest BCUT2D eigenvalue weighted by Crippen LogP contribution is -2.26. The molecule has 8 heteroatoms. The van der Waals surface area contributed by atoms with E-state index in [9.17, 15) is 10.1 Å². The molecule has 0 radical (unpaired) electrons. The molecule has 0 aromatic carbocycles. The number of nitriles is 1. The van der Waals surface area contributed by atoms with Crippen LogP contribution in [0.25, 0.3) is 4.85 Å². The zero-order chi connectivity index (χ0) is 32.8. The Balaban J connectivity index is 1.06. The van der Waals surface area contributed by atoms with E-state index < -0.39 is 14.4 Å². The summed E-state index contributed by atoms with van der Waals surface area (Å²) in [4.78, 5) is 13.7. The standard InChI is InChI=1S/C38H66N2OS4Si/c1-5-6-14-18-30(31(28-39)40-2)32-21-22-35(43-32)36-25-26-38(45-36)37-24-23-34(44-37)33-20-19-29(42-33)17-15-12-10-8-7-9-11-13-16-27-46(3,4)41/h29-38,41H,5-27H2,1,3-4H3. The molecule has 0 aromatic heterocycles. The Labute approximate surface area is 302 Å². The summed E-state index contributed by atoms with van der Waals surface area (Å²) in [7, 11) is -1.82. The van der Waals surface area contributed by atoms with E-state index in [1.54, 1.807) is 0 Å². The maximum Gasteiger partial charge on any atom is 0.311 e. The summed E-state index contributed by atoms with van der Waals surface area (Å²) < 4.78 is 0. The van der Waals surface area contributed by atoms with E-state index >= 15 is 0 Å². The fraction of sp³-hybridized carbons (Fsp3) is 0.947. The van der Waals surface area contributed by atoms with Crippen LogP contribution in [0.3, 0.4) is 0 Å². The molecule has 0 aliphatic carbocycles. The Morgan fingerprint density at radius 1 is 0.696 bits per heavy atom. The van der Waals surface area contributed by atoms with Crippen LogP contribution >= 0.6 is 47.0 Å². The lowest BCUT2D eigenvalue weighted by atomic mass is 9.89. The van der Waals surface area contributed by atoms with Crippen molar-refractivity contribution in [3.05, 3.63) is 11.4 Å². The third-order valence-corrected chi connectivity index (χ3v) is 20.6. The molecule has 0 saturated carbocycles. The molecule has 0 bridgehead atoms. The van der Waals surface area contributed by atoms with Crippen molar-refractivity contribution < 1.29 is 4.80 Å². The highest BCUT2D eigenvalue weighted by molar-refractivity contribution is 8.07. The lowest BCUT2D eigenvalue weighted by molar-refractivity contribution is 0.426. The van der Waals surface area contributed by atoms with Crippen molar-refractivity contribution in [3.63, 3.8) is 0 Å². The Morgan fingerprint density at radius 3 is 1.74 bits per heavy atom. The van der Waals surface area contributed by atoms with Crippen LogP contribution in [0.4, 0.5) is 0 Å². The van der Waals surface area contributed by atoms with Crippen molar-refractivity contribution >= 4 is 55.4 Å². The molecular formula is C38H66N2OS4Si. The summed E-state index contributed by atoms with van der Waals surface area (Å²) in [6.45, 7) is 14.0. The summed E-state index contributed by atoms with van der Waals surface area (Å²) in [6.07, 6.45) is 29.7. The molecule has 4 saturated heterocycles. The van der Waals surface area contributed by atoms with Crippen molar-refractivity contribution in [2.24, 2.45) is 5.92 Å². The largest absolute Gasteiger partial charge is 0.432 e. The zero-order valence-electron chi connectivity index (χ0n) is 29.5. The van der Waals surface area contributed by atoms with Gasteiger partial charge in [0, 0.05) is 42.0 Å². The summed E-state index contributed by atoms with van der Waals surface area (Å²) >= 11 is 9.31. The summed E-state index contributed by atoms with van der Waals surface area (Å²) in [5, 5.41) is 16.2. The molecule has 1 N–H and O–H groups in total. The molecule has 4 heterocycles. The van der Waals surface area contributed by atoms with Gasteiger partial charge in [0.25, 0.3) is 0 Å². The van der Waals surface area contributed by atoms with Gasteiger partial charge in [-0.15, -0.1) is 0 Å². The van der Waals surface area contributed by atoms with Gasteiger partial charge in [-0.25, -0.2) is 6.57 Å². The predicted molar refractivity (Wildman–Crippen MR) is 212 cm³/mol. The number of unbranched alkanes of at least 4 members (excludes halogenated alkanes) is 10. The monoisotopic (exact) mass is 722 g/mol. The molecule has 4 aliphatic rings. The first-order chi connectivity index (χ1) is 22.3. The van der Waals surface area contributed by atoms with Gasteiger partial charge in [-0.2, -0.15) is 52.3 Å². The second-order valence-corrected chi connectivity index (χ2v) is 25.8. The van der Waals surface area contributed by atoms with Gasteiger partial charge in [0.15, 0.2) is 14.4 Å². The molecule has 0 spiro atoms. The van der Waals surface area contributed by atoms with Crippen LogP contribution in [0, 0.1) is 23.8 Å². The number of rotatable bonds is 21. The van der Waals surface area contributed by atoms with Crippen molar-refractivity contribution in [3.8, 4) is 6.07 Å². The second kappa shape index (κ2) is 21.0. The van der Waals surface area contributed by atoms with Gasteiger partial charge < -0.3 is 4.80 Å². The van der Waals surface area contributed by atoms with E-state index in [0.29, 0.717) is 5.25 Å². The molecule has 3 nitrogen and oxygen atoms in total. The van der Waals surface area contributed by atoms with E-state index in [0.717, 1.165) is 49.2 Å². The number of hydrogen-bond acceptors (Lipinski definition) is 6. The van der Waals surface area contributed by atoms with Gasteiger partial charge in [-0.1, -0.05) is 84.0 Å². The van der Waals surface area contributed by atoms with Crippen molar-refractivity contribution in [2.45, 2.75) is 215 Å². The summed E-state index contributed by atoms with van der Waals surface area (Å²) in [5.41, 5.74) is 0. The van der Waals surface area contributed by atoms with Crippen molar-refractivity contribution in [1.82, 2.24) is 0 Å². The minimum absolute atomic E-state index is 0.267. The first kappa shape index (κ1) is 39.3. The molecule has 46 heavy (non-hydrogen) atoms. The minimum Gasteiger partial charge on any atom is -0.432 e. The third-order valence-electron chi connectivity index (χ3n) is 11.3. The molecule has 10 unspecified atom stereocenters. The average Bonchev–Trinajstić information content (AvgIpc) is 3.85. The minimum atomic E-state index is -1.82. The van der Waals surface area contributed by atoms with Crippen LogP contribution in [0.1, 0.15) is 148 Å². The molecule has 4 rings (SSSR count). The summed E-state index contributed by atoms with van der Waals surface area (Å²) in [5.74, 6) is 0.267. The first-order valence-corrected chi connectivity index (χ1v) is 26.3. The van der Waals surface area contributed by atoms with Gasteiger partial charge >= 0.3 is 6.04 Å². The third kappa shape index (κ3) is 13.0. The molecule has 4 aliphatic heterocycles. The highest BCUT2D eigenvalue weighted by Crippen LogP contribution is 2.54. The zero-order valence-corrected chi connectivity index (χ0v) is 33.8. The van der Waals surface area contributed by atoms with Gasteiger partial charge in [0.2, 0.25) is 0 Å². The van der Waals surface area contributed by atoms with E-state index in [4.69, 9.17) is 6.57 Å². The maximum absolute atomic E-state index is 9.96. The number of thioether (sulfide) groups is 4. The maximum atomic E-state index is 9.96. The predicted octanol–water partition coefficient (Wildman–Crippen LogP) is 12.1. The van der Waals surface area contributed by atoms with Gasteiger partial charge in [0.05, 0.1) is 5.92 Å². The number of nitrogens with zero attached hydrogens (tertiary/aromatic N) is 2. The lowest BCUT2D eigenvalue weighted by Gasteiger charge is -2.24. The molecule has 4 fully saturated rings. The first-order valence-electron chi connectivity index (χ1n) is 19.4. The van der Waals surface area contributed by atoms with Crippen LogP contribution in [-0.4, -0.2) is 61.2 Å². The normalized spacial score (nSPS) is 32.8. The van der Waals surface area contributed by atoms with Gasteiger partial charge in [-0.3, -0.25) is 4.85 Å².